The number of halogens is 1. The fraction of sp³-hybridized carbons (Fsp3) is 0.333. The van der Waals surface area contributed by atoms with Crippen molar-refractivity contribution in [3.63, 3.8) is 0 Å². The van der Waals surface area contributed by atoms with Crippen molar-refractivity contribution in [2.45, 2.75) is 13.0 Å². The summed E-state index contributed by atoms with van der Waals surface area (Å²) in [4.78, 5) is 3.99. The first-order valence-corrected chi connectivity index (χ1v) is 4.79. The molecule has 0 saturated carbocycles. The van der Waals surface area contributed by atoms with Gasteiger partial charge in [-0.25, -0.2) is 4.98 Å². The molecule has 0 aliphatic rings. The molecule has 1 unspecified atom stereocenters. The summed E-state index contributed by atoms with van der Waals surface area (Å²) in [5.74, 6) is 0.391. The highest BCUT2D eigenvalue weighted by Gasteiger charge is 2.21. The fourth-order valence-electron chi connectivity index (χ4n) is 1.36. The maximum Gasteiger partial charge on any atom is 0.246 e. The van der Waals surface area contributed by atoms with Gasteiger partial charge in [0.05, 0.1) is 17.3 Å². The van der Waals surface area contributed by atoms with E-state index in [4.69, 9.17) is 16.0 Å². The molecule has 2 aromatic rings. The molecule has 6 heteroatoms. The molecule has 2 rings (SSSR count). The number of hydrogen-bond acceptors (Lipinski definition) is 4. The van der Waals surface area contributed by atoms with Gasteiger partial charge in [0.2, 0.25) is 5.89 Å². The van der Waals surface area contributed by atoms with Crippen LogP contribution >= 0.6 is 11.6 Å². The van der Waals surface area contributed by atoms with Gasteiger partial charge in [-0.3, -0.25) is 4.68 Å². The van der Waals surface area contributed by atoms with Crippen LogP contribution in [0.25, 0.3) is 11.6 Å². The first kappa shape index (κ1) is 10.2. The molecule has 0 bridgehead atoms. The molecule has 0 aliphatic carbocycles. The monoisotopic (exact) mass is 227 g/mol. The van der Waals surface area contributed by atoms with Gasteiger partial charge in [-0.2, -0.15) is 5.10 Å². The number of hydrogen-bond donors (Lipinski definition) is 1. The molecular weight excluding hydrogens is 218 g/mol. The third-order valence-electron chi connectivity index (χ3n) is 2.04. The topological polar surface area (TPSA) is 64.1 Å². The van der Waals surface area contributed by atoms with E-state index in [0.29, 0.717) is 22.3 Å². The first-order valence-electron chi connectivity index (χ1n) is 4.41. The lowest BCUT2D eigenvalue weighted by Crippen LogP contribution is -1.96. The fourth-order valence-corrected chi connectivity index (χ4v) is 1.76. The lowest BCUT2D eigenvalue weighted by atomic mass is 10.2. The highest BCUT2D eigenvalue weighted by Crippen LogP contribution is 2.31. The normalized spacial score (nSPS) is 13.1. The smallest absolute Gasteiger partial charge is 0.246 e. The molecule has 2 aromatic heterocycles. The predicted octanol–water partition coefficient (Wildman–Crippen LogP) is 1.78. The van der Waals surface area contributed by atoms with Gasteiger partial charge in [-0.05, 0) is 6.92 Å². The van der Waals surface area contributed by atoms with Crippen molar-refractivity contribution >= 4 is 11.6 Å². The Morgan fingerprint density at radius 1 is 1.60 bits per heavy atom. The SMILES string of the molecule is CC(O)c1nn(C)c(-c2ncco2)c1Cl. The average molecular weight is 228 g/mol. The molecule has 0 aliphatic heterocycles. The Balaban J connectivity index is 2.58. The van der Waals surface area contributed by atoms with Crippen molar-refractivity contribution in [3.8, 4) is 11.6 Å². The molecule has 0 aromatic carbocycles. The van der Waals surface area contributed by atoms with Gasteiger partial charge in [0.25, 0.3) is 0 Å². The zero-order chi connectivity index (χ0) is 11.0. The molecule has 1 atom stereocenters. The molecule has 0 radical (unpaired) electrons. The Morgan fingerprint density at radius 2 is 2.33 bits per heavy atom. The molecule has 15 heavy (non-hydrogen) atoms. The molecule has 0 saturated heterocycles. The van der Waals surface area contributed by atoms with Crippen molar-refractivity contribution < 1.29 is 9.52 Å². The minimum Gasteiger partial charge on any atom is -0.443 e. The summed E-state index contributed by atoms with van der Waals surface area (Å²) in [5.41, 5.74) is 0.991. The Kier molecular flexibility index (Phi) is 2.50. The molecule has 0 fully saturated rings. The van der Waals surface area contributed by atoms with Gasteiger partial charge in [0, 0.05) is 7.05 Å². The van der Waals surface area contributed by atoms with Gasteiger partial charge in [0.15, 0.2) is 0 Å². The van der Waals surface area contributed by atoms with Crippen LogP contribution < -0.4 is 0 Å². The number of rotatable bonds is 2. The van der Waals surface area contributed by atoms with Crippen molar-refractivity contribution in [1.82, 2.24) is 14.8 Å². The standard InChI is InChI=1S/C9H10ClN3O2/c1-5(14)7-6(10)8(13(2)12-7)9-11-3-4-15-9/h3-5,14H,1-2H3. The van der Waals surface area contributed by atoms with Crippen LogP contribution in [0.5, 0.6) is 0 Å². The van der Waals surface area contributed by atoms with Crippen LogP contribution in [0.1, 0.15) is 18.7 Å². The number of aromatic nitrogens is 3. The van der Waals surface area contributed by atoms with Gasteiger partial charge in [-0.15, -0.1) is 0 Å². The van der Waals surface area contributed by atoms with Crippen molar-refractivity contribution in [1.29, 1.82) is 0 Å². The van der Waals surface area contributed by atoms with Crippen LogP contribution in [0.15, 0.2) is 16.9 Å². The summed E-state index contributed by atoms with van der Waals surface area (Å²) in [5, 5.41) is 13.9. The van der Waals surface area contributed by atoms with Crippen LogP contribution in [0, 0.1) is 0 Å². The number of nitrogens with zero attached hydrogens (tertiary/aromatic N) is 3. The number of aliphatic hydroxyl groups is 1. The summed E-state index contributed by atoms with van der Waals surface area (Å²) >= 11 is 6.07. The van der Waals surface area contributed by atoms with Crippen molar-refractivity contribution in [3.05, 3.63) is 23.2 Å². The Bertz CT molecular complexity index is 462. The lowest BCUT2D eigenvalue weighted by Gasteiger charge is -1.98. The molecule has 1 N–H and O–H groups in total. The summed E-state index contributed by atoms with van der Waals surface area (Å²) in [6, 6.07) is 0. The van der Waals surface area contributed by atoms with E-state index in [0.717, 1.165) is 0 Å². The van der Waals surface area contributed by atoms with E-state index in [2.05, 4.69) is 10.1 Å². The minimum absolute atomic E-state index is 0.370. The molecule has 80 valence electrons. The number of aliphatic hydroxyl groups excluding tert-OH is 1. The Labute approximate surface area is 91.3 Å². The largest absolute Gasteiger partial charge is 0.443 e. The van der Waals surface area contributed by atoms with Crippen LogP contribution in [0.2, 0.25) is 5.02 Å². The average Bonchev–Trinajstić information content (AvgIpc) is 2.73. The molecule has 5 nitrogen and oxygen atoms in total. The highest BCUT2D eigenvalue weighted by atomic mass is 35.5. The van der Waals surface area contributed by atoms with E-state index in [1.54, 1.807) is 14.0 Å². The number of aryl methyl sites for hydroxylation is 1. The van der Waals surface area contributed by atoms with Gasteiger partial charge in [-0.1, -0.05) is 11.6 Å². The first-order chi connectivity index (χ1) is 7.11. The molecule has 0 spiro atoms. The van der Waals surface area contributed by atoms with E-state index in [9.17, 15) is 5.11 Å². The lowest BCUT2D eigenvalue weighted by molar-refractivity contribution is 0.193. The molecule has 2 heterocycles. The van der Waals surface area contributed by atoms with Crippen LogP contribution in [0.3, 0.4) is 0 Å². The zero-order valence-corrected chi connectivity index (χ0v) is 9.06. The zero-order valence-electron chi connectivity index (χ0n) is 8.31. The third kappa shape index (κ3) is 1.64. The second kappa shape index (κ2) is 3.67. The van der Waals surface area contributed by atoms with Crippen LogP contribution in [-0.4, -0.2) is 19.9 Å². The second-order valence-corrected chi connectivity index (χ2v) is 3.56. The van der Waals surface area contributed by atoms with E-state index < -0.39 is 6.10 Å². The second-order valence-electron chi connectivity index (χ2n) is 3.18. The number of oxazole rings is 1. The quantitative estimate of drug-likeness (QED) is 0.850. The van der Waals surface area contributed by atoms with Gasteiger partial charge in [0.1, 0.15) is 17.7 Å². The van der Waals surface area contributed by atoms with Gasteiger partial charge < -0.3 is 9.52 Å². The van der Waals surface area contributed by atoms with Crippen molar-refractivity contribution in [2.24, 2.45) is 7.05 Å². The van der Waals surface area contributed by atoms with E-state index in [1.807, 2.05) is 0 Å². The Hall–Kier alpha value is -1.33. The third-order valence-corrected chi connectivity index (χ3v) is 2.42. The van der Waals surface area contributed by atoms with Crippen LogP contribution in [0.4, 0.5) is 0 Å². The summed E-state index contributed by atoms with van der Waals surface area (Å²) in [6.45, 7) is 1.60. The molecular formula is C9H10ClN3O2. The summed E-state index contributed by atoms with van der Waals surface area (Å²) in [7, 11) is 1.72. The van der Waals surface area contributed by atoms with Gasteiger partial charge >= 0.3 is 0 Å². The highest BCUT2D eigenvalue weighted by molar-refractivity contribution is 6.33. The van der Waals surface area contributed by atoms with E-state index in [1.165, 1.54) is 17.1 Å². The van der Waals surface area contributed by atoms with Crippen LogP contribution in [-0.2, 0) is 7.05 Å². The van der Waals surface area contributed by atoms with E-state index >= 15 is 0 Å². The molecule has 0 amide bonds. The Morgan fingerprint density at radius 3 is 2.80 bits per heavy atom. The maximum atomic E-state index is 9.43. The predicted molar refractivity (Wildman–Crippen MR) is 54.3 cm³/mol. The minimum atomic E-state index is -0.715. The maximum absolute atomic E-state index is 9.43. The summed E-state index contributed by atoms with van der Waals surface area (Å²) in [6.07, 6.45) is 2.27. The van der Waals surface area contributed by atoms with E-state index in [-0.39, 0.29) is 0 Å². The van der Waals surface area contributed by atoms with Crippen molar-refractivity contribution in [2.75, 3.05) is 0 Å². The summed E-state index contributed by atoms with van der Waals surface area (Å²) < 4.78 is 6.67.